The van der Waals surface area contributed by atoms with Crippen LogP contribution in [0.2, 0.25) is 0 Å². The van der Waals surface area contributed by atoms with Crippen LogP contribution in [0.5, 0.6) is 0 Å². The van der Waals surface area contributed by atoms with E-state index in [1.165, 1.54) is 105 Å². The number of thiophene rings is 1. The van der Waals surface area contributed by atoms with E-state index in [-0.39, 0.29) is 23.0 Å². The molecule has 8 aromatic rings. The van der Waals surface area contributed by atoms with E-state index in [9.17, 15) is 0 Å². The maximum atomic E-state index is 2.60. The largest absolute Gasteiger partial charge is 0.311 e. The lowest BCUT2D eigenvalue weighted by molar-refractivity contribution is 0.590. The van der Waals surface area contributed by atoms with Crippen molar-refractivity contribution in [3.05, 3.63) is 173 Å². The molecule has 0 atom stereocenters. The molecular formula is C57H55BN2S. The van der Waals surface area contributed by atoms with Crippen molar-refractivity contribution >= 4 is 78.6 Å². The number of rotatable bonds is 4. The number of anilines is 6. The first-order chi connectivity index (χ1) is 29.0. The Balaban J connectivity index is 1.30. The maximum absolute atomic E-state index is 2.60. The molecule has 0 bridgehead atoms. The molecule has 2 aliphatic heterocycles. The fourth-order valence-corrected chi connectivity index (χ4v) is 10.4. The van der Waals surface area contributed by atoms with Crippen molar-refractivity contribution in [2.24, 2.45) is 0 Å². The number of aryl methyl sites for hydroxylation is 1. The summed E-state index contributed by atoms with van der Waals surface area (Å²) in [5.74, 6) is 0. The highest BCUT2D eigenvalue weighted by Crippen LogP contribution is 2.48. The molecular weight excluding hydrogens is 756 g/mol. The van der Waals surface area contributed by atoms with Crippen molar-refractivity contribution in [1.29, 1.82) is 0 Å². The topological polar surface area (TPSA) is 6.48 Å². The van der Waals surface area contributed by atoms with Crippen LogP contribution in [0.25, 0.3) is 32.3 Å². The lowest BCUT2D eigenvalue weighted by atomic mass is 9.33. The fraction of sp³-hybridized carbons (Fsp3) is 0.228. The summed E-state index contributed by atoms with van der Waals surface area (Å²) in [5, 5.41) is 3.49. The van der Waals surface area contributed by atoms with Crippen LogP contribution >= 0.6 is 11.3 Å². The lowest BCUT2D eigenvalue weighted by Crippen LogP contribution is -2.61. The van der Waals surface area contributed by atoms with E-state index in [4.69, 9.17) is 0 Å². The molecule has 302 valence electrons. The summed E-state index contributed by atoms with van der Waals surface area (Å²) in [7, 11) is 0. The Hall–Kier alpha value is -5.84. The van der Waals surface area contributed by atoms with Crippen LogP contribution in [0.3, 0.4) is 0 Å². The standard InChI is InChI=1S/C57H55BN2S/c1-36-30-51-54-52(31-36)60(48-25-20-42(56(5,6)7)34-45(48)37-14-12-11-13-15-37)50-24-16-39(38-17-27-53-40(32-38)28-29-61-53)33-46(50)58(54)47-35-43(57(8,9)10)21-26-49(47)59(51)44-22-18-41(19-23-44)55(2,3)4/h11-35H,1-10H3. The number of hydrogen-bond donors (Lipinski definition) is 0. The van der Waals surface area contributed by atoms with Gasteiger partial charge in [-0.3, -0.25) is 0 Å². The SMILES string of the molecule is Cc1cc2c3c(c1)N(c1ccc(C(C)(C)C)cc1-c1ccccc1)c1ccc(-c4ccc5sccc5c4)cc1B3c1cc(C(C)(C)C)ccc1N2c1ccc(C(C)(C)C)cc1. The maximum Gasteiger partial charge on any atom is 0.252 e. The molecule has 4 heteroatoms. The third-order valence-electron chi connectivity index (χ3n) is 13.0. The smallest absolute Gasteiger partial charge is 0.252 e. The van der Waals surface area contributed by atoms with Crippen LogP contribution in [0.4, 0.5) is 34.1 Å². The number of benzene rings is 7. The van der Waals surface area contributed by atoms with Gasteiger partial charge in [-0.2, -0.15) is 0 Å². The summed E-state index contributed by atoms with van der Waals surface area (Å²) < 4.78 is 1.32. The third-order valence-corrected chi connectivity index (χ3v) is 13.9. The molecule has 0 radical (unpaired) electrons. The van der Waals surface area contributed by atoms with Gasteiger partial charge in [0.05, 0.1) is 5.69 Å². The molecule has 1 aromatic heterocycles. The molecule has 61 heavy (non-hydrogen) atoms. The van der Waals surface area contributed by atoms with Gasteiger partial charge in [0.1, 0.15) is 0 Å². The quantitative estimate of drug-likeness (QED) is 0.163. The Bertz CT molecular complexity index is 2990. The minimum Gasteiger partial charge on any atom is -0.311 e. The van der Waals surface area contributed by atoms with Gasteiger partial charge < -0.3 is 9.80 Å². The van der Waals surface area contributed by atoms with Gasteiger partial charge in [0.25, 0.3) is 6.71 Å². The highest BCUT2D eigenvalue weighted by atomic mass is 32.1. The summed E-state index contributed by atoms with van der Waals surface area (Å²) in [6.07, 6.45) is 0. The van der Waals surface area contributed by atoms with E-state index in [0.717, 1.165) is 0 Å². The minimum absolute atomic E-state index is 0.00850. The molecule has 0 unspecified atom stereocenters. The molecule has 10 rings (SSSR count). The van der Waals surface area contributed by atoms with Crippen LogP contribution in [-0.4, -0.2) is 6.71 Å². The van der Waals surface area contributed by atoms with Crippen LogP contribution in [0.1, 0.15) is 84.6 Å². The van der Waals surface area contributed by atoms with E-state index in [1.807, 2.05) is 0 Å². The van der Waals surface area contributed by atoms with Crippen molar-refractivity contribution in [2.75, 3.05) is 9.80 Å². The molecule has 0 fully saturated rings. The van der Waals surface area contributed by atoms with Crippen LogP contribution in [-0.2, 0) is 16.2 Å². The monoisotopic (exact) mass is 810 g/mol. The van der Waals surface area contributed by atoms with Crippen molar-refractivity contribution < 1.29 is 0 Å². The summed E-state index contributed by atoms with van der Waals surface area (Å²) in [6, 6.07) is 56.1. The highest BCUT2D eigenvalue weighted by Gasteiger charge is 2.44. The summed E-state index contributed by atoms with van der Waals surface area (Å²) in [5.41, 5.74) is 21.6. The van der Waals surface area contributed by atoms with Gasteiger partial charge in [0.15, 0.2) is 0 Å². The van der Waals surface area contributed by atoms with E-state index < -0.39 is 0 Å². The second kappa shape index (κ2) is 14.1. The van der Waals surface area contributed by atoms with Gasteiger partial charge in [0, 0.05) is 38.7 Å². The Morgan fingerprint density at radius 2 is 1.00 bits per heavy atom. The molecule has 0 saturated heterocycles. The van der Waals surface area contributed by atoms with Crippen LogP contribution in [0, 0.1) is 6.92 Å². The fourth-order valence-electron chi connectivity index (χ4n) is 9.63. The second-order valence-electron chi connectivity index (χ2n) is 20.4. The van der Waals surface area contributed by atoms with Gasteiger partial charge in [-0.15, -0.1) is 11.3 Å². The van der Waals surface area contributed by atoms with Gasteiger partial charge in [-0.1, -0.05) is 141 Å². The number of fused-ring (bicyclic) bond motifs is 5. The zero-order valence-electron chi connectivity index (χ0n) is 37.3. The zero-order valence-corrected chi connectivity index (χ0v) is 38.1. The molecule has 0 aliphatic carbocycles. The summed E-state index contributed by atoms with van der Waals surface area (Å²) in [6.45, 7) is 23.1. The van der Waals surface area contributed by atoms with Gasteiger partial charge in [-0.25, -0.2) is 0 Å². The molecule has 0 N–H and O–H groups in total. The molecule has 2 nitrogen and oxygen atoms in total. The first-order valence-corrected chi connectivity index (χ1v) is 22.7. The second-order valence-corrected chi connectivity index (χ2v) is 21.4. The van der Waals surface area contributed by atoms with Gasteiger partial charge in [-0.05, 0) is 156 Å². The van der Waals surface area contributed by atoms with E-state index in [1.54, 1.807) is 11.3 Å². The Morgan fingerprint density at radius 1 is 0.443 bits per heavy atom. The minimum atomic E-state index is -0.0225. The van der Waals surface area contributed by atoms with Crippen LogP contribution in [0.15, 0.2) is 151 Å². The average Bonchev–Trinajstić information content (AvgIpc) is 3.71. The molecule has 0 saturated carbocycles. The molecule has 7 aromatic carbocycles. The molecule has 2 aliphatic rings. The summed E-state index contributed by atoms with van der Waals surface area (Å²) in [4.78, 5) is 5.15. The highest BCUT2D eigenvalue weighted by molar-refractivity contribution is 7.17. The predicted molar refractivity (Wildman–Crippen MR) is 268 cm³/mol. The van der Waals surface area contributed by atoms with Gasteiger partial charge >= 0.3 is 0 Å². The number of nitrogens with zero attached hydrogens (tertiary/aromatic N) is 2. The molecule has 0 spiro atoms. The van der Waals surface area contributed by atoms with Gasteiger partial charge in [0.2, 0.25) is 0 Å². The predicted octanol–water partition coefficient (Wildman–Crippen LogP) is 14.5. The Morgan fingerprint density at radius 3 is 1.69 bits per heavy atom. The van der Waals surface area contributed by atoms with Crippen molar-refractivity contribution in [3.8, 4) is 22.3 Å². The molecule has 0 amide bonds. The Labute approximate surface area is 367 Å². The van der Waals surface area contributed by atoms with E-state index >= 15 is 0 Å². The van der Waals surface area contributed by atoms with Crippen molar-refractivity contribution in [2.45, 2.75) is 85.5 Å². The van der Waals surface area contributed by atoms with E-state index in [0.29, 0.717) is 0 Å². The Kier molecular flexibility index (Phi) is 9.09. The molecule has 3 heterocycles. The lowest BCUT2D eigenvalue weighted by Gasteiger charge is -2.45. The van der Waals surface area contributed by atoms with E-state index in [2.05, 4.69) is 230 Å². The third kappa shape index (κ3) is 6.71. The average molecular weight is 811 g/mol. The summed E-state index contributed by atoms with van der Waals surface area (Å²) >= 11 is 1.80. The normalized spacial score (nSPS) is 13.6. The first-order valence-electron chi connectivity index (χ1n) is 21.9. The zero-order chi connectivity index (χ0) is 42.6. The van der Waals surface area contributed by atoms with Crippen LogP contribution < -0.4 is 26.2 Å². The number of hydrogen-bond acceptors (Lipinski definition) is 3. The van der Waals surface area contributed by atoms with Crippen molar-refractivity contribution in [3.63, 3.8) is 0 Å². The first kappa shape index (κ1) is 39.3. The van der Waals surface area contributed by atoms with Crippen molar-refractivity contribution in [1.82, 2.24) is 0 Å².